The minimum absolute atomic E-state index is 0.0818. The van der Waals surface area contributed by atoms with Gasteiger partial charge in [0.25, 0.3) is 0 Å². The third kappa shape index (κ3) is 4.48. The zero-order chi connectivity index (χ0) is 25.2. The third-order valence-electron chi connectivity index (χ3n) is 5.65. The fraction of sp³-hybridized carbons (Fsp3) is 0. The molecule has 9 nitrogen and oxygen atoms in total. The van der Waals surface area contributed by atoms with Crippen molar-refractivity contribution in [1.82, 2.24) is 20.2 Å². The molecule has 2 aromatic heterocycles. The Kier molecular flexibility index (Phi) is 5.55. The van der Waals surface area contributed by atoms with Gasteiger partial charge in [-0.25, -0.2) is 4.98 Å². The molecule has 0 aliphatic rings. The van der Waals surface area contributed by atoms with Gasteiger partial charge in [-0.2, -0.15) is 0 Å². The first-order valence-corrected chi connectivity index (χ1v) is 11.3. The minimum atomic E-state index is -0.508. The van der Waals surface area contributed by atoms with Gasteiger partial charge in [0.2, 0.25) is 17.5 Å². The molecule has 9 heteroatoms. The van der Waals surface area contributed by atoms with Gasteiger partial charge in [0.1, 0.15) is 5.75 Å². The van der Waals surface area contributed by atoms with Crippen molar-refractivity contribution in [3.8, 4) is 45.7 Å². The maximum absolute atomic E-state index is 11.9. The van der Waals surface area contributed by atoms with E-state index in [4.69, 9.17) is 9.15 Å². The smallest absolute Gasteiger partial charge is 0.312 e. The van der Waals surface area contributed by atoms with Gasteiger partial charge in [0.05, 0.1) is 27.8 Å². The fourth-order valence-corrected chi connectivity index (χ4v) is 3.86. The van der Waals surface area contributed by atoms with Gasteiger partial charge in [0.15, 0.2) is 0 Å². The van der Waals surface area contributed by atoms with Crippen LogP contribution in [0.1, 0.15) is 0 Å². The summed E-state index contributed by atoms with van der Waals surface area (Å²) >= 11 is 0. The van der Waals surface area contributed by atoms with Crippen LogP contribution in [0, 0.1) is 10.1 Å². The number of hydrogen-bond donors (Lipinski definition) is 0. The number of nitro benzene ring substituents is 1. The normalized spacial score (nSPS) is 10.9. The van der Waals surface area contributed by atoms with E-state index < -0.39 is 4.92 Å². The average molecular weight is 487 g/mol. The summed E-state index contributed by atoms with van der Waals surface area (Å²) in [6, 6.07) is 28.6. The summed E-state index contributed by atoms with van der Waals surface area (Å²) in [6.45, 7) is 0. The highest BCUT2D eigenvalue weighted by atomic mass is 16.6. The SMILES string of the molecule is O=[N+]([O-])c1cc(-c2nnc(-c3ccccc3)o2)ccc1Oc1cccc(-c2cnc3ccccc3n2)c1. The van der Waals surface area contributed by atoms with Crippen molar-refractivity contribution in [1.29, 1.82) is 0 Å². The molecule has 0 saturated carbocycles. The van der Waals surface area contributed by atoms with Crippen LogP contribution in [0.5, 0.6) is 11.5 Å². The average Bonchev–Trinajstić information content (AvgIpc) is 3.44. The third-order valence-corrected chi connectivity index (χ3v) is 5.65. The van der Waals surface area contributed by atoms with Crippen LogP contribution >= 0.6 is 0 Å². The number of ether oxygens (including phenoxy) is 1. The number of fused-ring (bicyclic) bond motifs is 1. The predicted molar refractivity (Wildman–Crippen MR) is 137 cm³/mol. The molecule has 0 fully saturated rings. The lowest BCUT2D eigenvalue weighted by Gasteiger charge is -2.09. The zero-order valence-corrected chi connectivity index (χ0v) is 19.2. The van der Waals surface area contributed by atoms with Gasteiger partial charge in [-0.15, -0.1) is 10.2 Å². The summed E-state index contributed by atoms with van der Waals surface area (Å²) in [5, 5.41) is 20.0. The Balaban J connectivity index is 1.30. The van der Waals surface area contributed by atoms with Crippen molar-refractivity contribution in [3.05, 3.63) is 113 Å². The lowest BCUT2D eigenvalue weighted by Crippen LogP contribution is -1.95. The molecule has 0 bridgehead atoms. The molecule has 0 atom stereocenters. The van der Waals surface area contributed by atoms with Gasteiger partial charge >= 0.3 is 5.69 Å². The molecule has 0 spiro atoms. The van der Waals surface area contributed by atoms with Crippen molar-refractivity contribution >= 4 is 16.7 Å². The zero-order valence-electron chi connectivity index (χ0n) is 19.2. The number of benzene rings is 4. The Morgan fingerprint density at radius 1 is 0.730 bits per heavy atom. The number of para-hydroxylation sites is 2. The molecule has 6 rings (SSSR count). The fourth-order valence-electron chi connectivity index (χ4n) is 3.86. The number of nitro groups is 1. The van der Waals surface area contributed by atoms with E-state index in [9.17, 15) is 10.1 Å². The topological polar surface area (TPSA) is 117 Å². The van der Waals surface area contributed by atoms with Crippen LogP contribution in [-0.2, 0) is 0 Å². The highest BCUT2D eigenvalue weighted by molar-refractivity contribution is 5.77. The van der Waals surface area contributed by atoms with E-state index in [2.05, 4.69) is 20.2 Å². The van der Waals surface area contributed by atoms with Gasteiger partial charge in [0, 0.05) is 22.8 Å². The highest BCUT2D eigenvalue weighted by Gasteiger charge is 2.20. The second-order valence-corrected chi connectivity index (χ2v) is 8.09. The maximum atomic E-state index is 11.9. The second-order valence-electron chi connectivity index (χ2n) is 8.09. The molecule has 0 aliphatic heterocycles. The Morgan fingerprint density at radius 2 is 1.46 bits per heavy atom. The van der Waals surface area contributed by atoms with E-state index in [1.54, 1.807) is 30.5 Å². The molecule has 4 aromatic carbocycles. The lowest BCUT2D eigenvalue weighted by molar-refractivity contribution is -0.385. The minimum Gasteiger partial charge on any atom is -0.450 e. The summed E-state index contributed by atoms with van der Waals surface area (Å²) < 4.78 is 11.7. The molecule has 2 heterocycles. The van der Waals surface area contributed by atoms with Crippen LogP contribution in [0.25, 0.3) is 45.2 Å². The molecule has 0 aliphatic carbocycles. The Bertz CT molecular complexity index is 1750. The standard InChI is InChI=1S/C28H17N5O4/c34-33(35)25-16-20(28-32-31-27(37-28)18-7-2-1-3-8-18)13-14-26(25)36-21-10-6-9-19(15-21)24-17-29-22-11-4-5-12-23(22)30-24/h1-17H. The molecule has 6 aromatic rings. The van der Waals surface area contributed by atoms with Crippen LogP contribution in [0.3, 0.4) is 0 Å². The molecule has 0 amide bonds. The summed E-state index contributed by atoms with van der Waals surface area (Å²) in [5.41, 5.74) is 3.95. The molecular weight excluding hydrogens is 470 g/mol. The molecule has 0 N–H and O–H groups in total. The van der Waals surface area contributed by atoms with Crippen molar-refractivity contribution in [2.45, 2.75) is 0 Å². The quantitative estimate of drug-likeness (QED) is 0.188. The van der Waals surface area contributed by atoms with Gasteiger partial charge < -0.3 is 9.15 Å². The molecule has 0 radical (unpaired) electrons. The van der Waals surface area contributed by atoms with Crippen molar-refractivity contribution in [3.63, 3.8) is 0 Å². The number of hydrogen-bond acceptors (Lipinski definition) is 8. The van der Waals surface area contributed by atoms with E-state index in [0.717, 1.165) is 22.2 Å². The molecule has 178 valence electrons. The number of nitrogens with zero attached hydrogens (tertiary/aromatic N) is 5. The number of rotatable bonds is 6. The summed E-state index contributed by atoms with van der Waals surface area (Å²) in [6.07, 6.45) is 1.69. The van der Waals surface area contributed by atoms with Crippen LogP contribution in [-0.4, -0.2) is 25.1 Å². The Labute approximate surface area is 210 Å². The van der Waals surface area contributed by atoms with Crippen molar-refractivity contribution in [2.24, 2.45) is 0 Å². The first-order chi connectivity index (χ1) is 18.1. The predicted octanol–water partition coefficient (Wildman–Crippen LogP) is 6.71. The molecule has 0 unspecified atom stereocenters. The molecule has 37 heavy (non-hydrogen) atoms. The van der Waals surface area contributed by atoms with Crippen LogP contribution in [0.2, 0.25) is 0 Å². The lowest BCUT2D eigenvalue weighted by atomic mass is 10.1. The monoisotopic (exact) mass is 487 g/mol. The summed E-state index contributed by atoms with van der Waals surface area (Å²) in [4.78, 5) is 20.5. The molecular formula is C28H17N5O4. The summed E-state index contributed by atoms with van der Waals surface area (Å²) in [5.74, 6) is 1.00. The van der Waals surface area contributed by atoms with Gasteiger partial charge in [-0.1, -0.05) is 42.5 Å². The van der Waals surface area contributed by atoms with E-state index >= 15 is 0 Å². The second kappa shape index (κ2) is 9.31. The largest absolute Gasteiger partial charge is 0.450 e. The maximum Gasteiger partial charge on any atom is 0.312 e. The Morgan fingerprint density at radius 3 is 2.27 bits per heavy atom. The van der Waals surface area contributed by atoms with Crippen LogP contribution < -0.4 is 4.74 Å². The first-order valence-electron chi connectivity index (χ1n) is 11.3. The highest BCUT2D eigenvalue weighted by Crippen LogP contribution is 2.36. The van der Waals surface area contributed by atoms with E-state index in [1.165, 1.54) is 12.1 Å². The van der Waals surface area contributed by atoms with Crippen molar-refractivity contribution < 1.29 is 14.1 Å². The van der Waals surface area contributed by atoms with E-state index in [-0.39, 0.29) is 17.3 Å². The van der Waals surface area contributed by atoms with Crippen molar-refractivity contribution in [2.75, 3.05) is 0 Å². The van der Waals surface area contributed by atoms with Crippen LogP contribution in [0.15, 0.2) is 108 Å². The van der Waals surface area contributed by atoms with E-state index in [1.807, 2.05) is 60.7 Å². The van der Waals surface area contributed by atoms with Gasteiger partial charge in [-0.05, 0) is 48.5 Å². The first kappa shape index (κ1) is 22.1. The van der Waals surface area contributed by atoms with Crippen LogP contribution in [0.4, 0.5) is 5.69 Å². The molecule has 0 saturated heterocycles. The Hall–Kier alpha value is -5.44. The van der Waals surface area contributed by atoms with E-state index in [0.29, 0.717) is 22.9 Å². The number of aromatic nitrogens is 4. The summed E-state index contributed by atoms with van der Waals surface area (Å²) in [7, 11) is 0. The van der Waals surface area contributed by atoms with Gasteiger partial charge in [-0.3, -0.25) is 15.1 Å².